The highest BCUT2D eigenvalue weighted by Crippen LogP contribution is 2.31. The molecule has 2 heterocycles. The van der Waals surface area contributed by atoms with Crippen molar-refractivity contribution in [2.24, 2.45) is 4.99 Å². The summed E-state index contributed by atoms with van der Waals surface area (Å²) in [5.41, 5.74) is 7.46. The van der Waals surface area contributed by atoms with Crippen LogP contribution in [0.1, 0.15) is 48.3 Å². The number of hydrogen-bond donors (Lipinski definition) is 0. The number of rotatable bonds is 4. The number of fused-ring (bicyclic) bond motifs is 1. The van der Waals surface area contributed by atoms with Gasteiger partial charge in [0.2, 0.25) is 0 Å². The highest BCUT2D eigenvalue weighted by molar-refractivity contribution is 6.12. The van der Waals surface area contributed by atoms with E-state index in [0.29, 0.717) is 5.82 Å². The van der Waals surface area contributed by atoms with Crippen molar-refractivity contribution in [1.29, 1.82) is 0 Å². The summed E-state index contributed by atoms with van der Waals surface area (Å²) in [4.78, 5) is 8.91. The lowest BCUT2D eigenvalue weighted by Gasteiger charge is -2.29. The third kappa shape index (κ3) is 6.46. The van der Waals surface area contributed by atoms with Gasteiger partial charge in [0.05, 0.1) is 10.6 Å². The lowest BCUT2D eigenvalue weighted by Crippen LogP contribution is -2.68. The lowest BCUT2D eigenvalue weighted by molar-refractivity contribution is -2.00. The summed E-state index contributed by atoms with van der Waals surface area (Å²) in [5.74, 6) is 0.637. The van der Waals surface area contributed by atoms with Gasteiger partial charge in [-0.05, 0) is 73.3 Å². The van der Waals surface area contributed by atoms with Crippen LogP contribution in [0.2, 0.25) is 0 Å². The van der Waals surface area contributed by atoms with Crippen LogP contribution in [0.25, 0.3) is 11.4 Å². The fourth-order valence-corrected chi connectivity index (χ4v) is 4.13. The Kier molecular flexibility index (Phi) is 7.54. The Morgan fingerprint density at radius 1 is 0.892 bits per heavy atom. The third-order valence-electron chi connectivity index (χ3n) is 6.29. The molecule has 0 radical (unpaired) electrons. The van der Waals surface area contributed by atoms with Gasteiger partial charge < -0.3 is 0 Å². The van der Waals surface area contributed by atoms with Crippen molar-refractivity contribution >= 4 is 5.71 Å². The zero-order valence-corrected chi connectivity index (χ0v) is 21.8. The number of aromatic nitrogens is 4. The van der Waals surface area contributed by atoms with Gasteiger partial charge in [-0.15, -0.1) is 10.2 Å². The van der Waals surface area contributed by atoms with Gasteiger partial charge in [0.15, 0.2) is 5.69 Å². The molecule has 0 amide bonds. The first-order chi connectivity index (χ1) is 17.5. The molecule has 0 spiro atoms. The van der Waals surface area contributed by atoms with Gasteiger partial charge in [0, 0.05) is 10.4 Å². The van der Waals surface area contributed by atoms with Gasteiger partial charge >= 0.3 is 5.82 Å². The smallest absolute Gasteiger partial charge is 0.272 e. The van der Waals surface area contributed by atoms with E-state index in [0.717, 1.165) is 35.5 Å². The van der Waals surface area contributed by atoms with Crippen molar-refractivity contribution in [3.63, 3.8) is 0 Å². The minimum absolute atomic E-state index is 0.159. The van der Waals surface area contributed by atoms with Crippen molar-refractivity contribution in [1.82, 2.24) is 15.0 Å². The van der Waals surface area contributed by atoms with Crippen LogP contribution in [0.15, 0.2) is 77.8 Å². The van der Waals surface area contributed by atoms with E-state index < -0.39 is 10.2 Å². The summed E-state index contributed by atoms with van der Waals surface area (Å²) in [6.07, 6.45) is 1.89. The summed E-state index contributed by atoms with van der Waals surface area (Å²) < 4.78 is 34.0. The Bertz CT molecular complexity index is 1340. The molecule has 1 aromatic heterocycles. The number of aryl methyl sites for hydroxylation is 2. The standard InChI is InChI=1S/C27H28N5.ClHO4/c1-5-27(4)18-21-8-6-7-9-24(21)25(28-27)26-29-31(22-14-10-19(2)11-15-22)32(30-26)23-16-12-20(3)13-17-23;2-1(3,4)5/h6-17H,5,18H2,1-4H3;(H,2,3,4,5)/q+1;/p-1. The van der Waals surface area contributed by atoms with Crippen LogP contribution in [0.4, 0.5) is 0 Å². The van der Waals surface area contributed by atoms with Crippen molar-refractivity contribution in [2.75, 3.05) is 0 Å². The van der Waals surface area contributed by atoms with E-state index in [1.807, 2.05) is 9.59 Å². The highest BCUT2D eigenvalue weighted by atomic mass is 35.7. The van der Waals surface area contributed by atoms with Gasteiger partial charge in [-0.25, -0.2) is 18.6 Å². The second-order valence-electron chi connectivity index (χ2n) is 9.30. The number of aliphatic imine (C=N–C) groups is 1. The number of benzene rings is 3. The Labute approximate surface area is 217 Å². The van der Waals surface area contributed by atoms with Gasteiger partial charge in [-0.1, -0.05) is 66.6 Å². The first-order valence-corrected chi connectivity index (χ1v) is 13.0. The van der Waals surface area contributed by atoms with E-state index in [4.69, 9.17) is 33.8 Å². The normalized spacial score (nSPS) is 16.9. The summed E-state index contributed by atoms with van der Waals surface area (Å²) in [6, 6.07) is 25.2. The zero-order valence-electron chi connectivity index (χ0n) is 21.1. The molecule has 1 aliphatic rings. The second-order valence-corrected chi connectivity index (χ2v) is 10.1. The predicted octanol–water partition coefficient (Wildman–Crippen LogP) is -0.0330. The number of tetrazole rings is 1. The van der Waals surface area contributed by atoms with Crippen LogP contribution in [-0.2, 0) is 6.42 Å². The monoisotopic (exact) mass is 521 g/mol. The molecular formula is C27H28ClN5O4. The fourth-order valence-electron chi connectivity index (χ4n) is 4.13. The molecule has 0 saturated carbocycles. The molecule has 5 rings (SSSR count). The van der Waals surface area contributed by atoms with E-state index in [9.17, 15) is 0 Å². The molecule has 1 unspecified atom stereocenters. The van der Waals surface area contributed by atoms with Gasteiger partial charge in [-0.2, -0.15) is 0 Å². The van der Waals surface area contributed by atoms with E-state index in [1.54, 1.807) is 0 Å². The Morgan fingerprint density at radius 3 is 2.05 bits per heavy atom. The number of hydrogen-bond acceptors (Lipinski definition) is 7. The fraction of sp³-hybridized carbons (Fsp3) is 0.259. The lowest BCUT2D eigenvalue weighted by atomic mass is 9.84. The van der Waals surface area contributed by atoms with Gasteiger partial charge in [0.1, 0.15) is 11.4 Å². The van der Waals surface area contributed by atoms with E-state index in [1.165, 1.54) is 16.7 Å². The third-order valence-corrected chi connectivity index (χ3v) is 6.29. The molecule has 37 heavy (non-hydrogen) atoms. The van der Waals surface area contributed by atoms with Crippen LogP contribution < -0.4 is 23.4 Å². The summed E-state index contributed by atoms with van der Waals surface area (Å²) in [6.45, 7) is 8.58. The van der Waals surface area contributed by atoms with Gasteiger partial charge in [-0.3, -0.25) is 4.99 Å². The van der Waals surface area contributed by atoms with Gasteiger partial charge in [0.25, 0.3) is 0 Å². The SMILES string of the molecule is CCC1(C)Cc2ccccc2C(c2nn(-c3ccc(C)cc3)[n+](-c3ccc(C)cc3)n2)=N1.[O-][Cl+3]([O-])([O-])[O-]. The number of halogens is 1. The van der Waals surface area contributed by atoms with Crippen LogP contribution in [0.3, 0.4) is 0 Å². The molecule has 10 heteroatoms. The maximum absolute atomic E-state index is 8.49. The molecule has 4 aromatic rings. The molecule has 0 fully saturated rings. The number of nitrogens with zero attached hydrogens (tertiary/aromatic N) is 5. The molecular weight excluding hydrogens is 494 g/mol. The molecule has 3 aromatic carbocycles. The quantitative estimate of drug-likeness (QED) is 0.345. The van der Waals surface area contributed by atoms with E-state index >= 15 is 0 Å². The topological polar surface area (TPSA) is 139 Å². The molecule has 0 bridgehead atoms. The Hall–Kier alpha value is -3.47. The molecule has 1 atom stereocenters. The summed E-state index contributed by atoms with van der Waals surface area (Å²) in [7, 11) is -4.94. The van der Waals surface area contributed by atoms with Crippen LogP contribution in [0.5, 0.6) is 0 Å². The zero-order chi connectivity index (χ0) is 26.8. The molecule has 9 nitrogen and oxygen atoms in total. The summed E-state index contributed by atoms with van der Waals surface area (Å²) in [5, 5.41) is 9.94. The minimum atomic E-state index is -4.94. The molecule has 1 aliphatic heterocycles. The van der Waals surface area contributed by atoms with Crippen molar-refractivity contribution in [3.8, 4) is 11.4 Å². The molecule has 192 valence electrons. The predicted molar refractivity (Wildman–Crippen MR) is 127 cm³/mol. The Balaban J connectivity index is 0.000000586. The Morgan fingerprint density at radius 2 is 1.46 bits per heavy atom. The van der Waals surface area contributed by atoms with Crippen molar-refractivity contribution in [3.05, 3.63) is 101 Å². The molecule has 0 aliphatic carbocycles. The largest absolute Gasteiger partial charge is 0.358 e. The maximum atomic E-state index is 8.49. The van der Waals surface area contributed by atoms with Crippen molar-refractivity contribution in [2.45, 2.75) is 46.1 Å². The second kappa shape index (κ2) is 10.5. The van der Waals surface area contributed by atoms with E-state index in [-0.39, 0.29) is 5.54 Å². The van der Waals surface area contributed by atoms with E-state index in [2.05, 4.69) is 100 Å². The van der Waals surface area contributed by atoms with Crippen LogP contribution >= 0.6 is 0 Å². The molecule has 0 N–H and O–H groups in total. The average Bonchev–Trinajstić information content (AvgIpc) is 3.29. The van der Waals surface area contributed by atoms with Crippen LogP contribution in [0, 0.1) is 24.1 Å². The van der Waals surface area contributed by atoms with Crippen molar-refractivity contribution < 1.29 is 33.7 Å². The summed E-state index contributed by atoms with van der Waals surface area (Å²) >= 11 is 0. The van der Waals surface area contributed by atoms with Crippen LogP contribution in [-0.4, -0.2) is 26.2 Å². The average molecular weight is 522 g/mol. The first-order valence-electron chi connectivity index (χ1n) is 11.8. The molecule has 0 saturated heterocycles. The maximum Gasteiger partial charge on any atom is 0.358 e. The first kappa shape index (κ1) is 26.6. The highest BCUT2D eigenvalue weighted by Gasteiger charge is 2.35. The minimum Gasteiger partial charge on any atom is -0.272 e.